The molecular formula is C15H24N2O3. The lowest BCUT2D eigenvalue weighted by Gasteiger charge is -2.28. The minimum Gasteiger partial charge on any atom is -0.446 e. The highest BCUT2D eigenvalue weighted by Crippen LogP contribution is 2.36. The second-order valence-corrected chi connectivity index (χ2v) is 6.20. The van der Waals surface area contributed by atoms with Crippen molar-refractivity contribution < 1.29 is 14.3 Å². The van der Waals surface area contributed by atoms with Crippen molar-refractivity contribution in [2.75, 3.05) is 0 Å². The van der Waals surface area contributed by atoms with Crippen LogP contribution in [-0.4, -0.2) is 24.1 Å². The summed E-state index contributed by atoms with van der Waals surface area (Å²) in [5.41, 5.74) is 4.85. The Kier molecular flexibility index (Phi) is 5.43. The van der Waals surface area contributed by atoms with Gasteiger partial charge >= 0.3 is 6.09 Å². The summed E-state index contributed by atoms with van der Waals surface area (Å²) in [5, 5.41) is 2.54. The van der Waals surface area contributed by atoms with Crippen molar-refractivity contribution in [3.8, 4) is 11.8 Å². The largest absolute Gasteiger partial charge is 0.446 e. The standard InChI is InChI=1S/C15H24N2O3/c1-5-6-7-8-10-9-11(10)20-14(19)17-12(13(16)18)15(2,3)4/h10-12H,5,8-9H2,1-4H3,(H2,16,18)(H,17,19). The van der Waals surface area contributed by atoms with E-state index in [1.807, 2.05) is 27.7 Å². The van der Waals surface area contributed by atoms with Crippen LogP contribution in [0, 0.1) is 23.2 Å². The van der Waals surface area contributed by atoms with E-state index >= 15 is 0 Å². The maximum absolute atomic E-state index is 11.8. The summed E-state index contributed by atoms with van der Waals surface area (Å²) in [6.07, 6.45) is 1.76. The van der Waals surface area contributed by atoms with Crippen molar-refractivity contribution in [2.24, 2.45) is 17.1 Å². The van der Waals surface area contributed by atoms with E-state index in [1.54, 1.807) is 0 Å². The molecule has 0 bridgehead atoms. The van der Waals surface area contributed by atoms with Gasteiger partial charge in [0.25, 0.3) is 0 Å². The molecule has 1 aliphatic carbocycles. The molecule has 1 fully saturated rings. The fourth-order valence-corrected chi connectivity index (χ4v) is 1.91. The lowest BCUT2D eigenvalue weighted by Crippen LogP contribution is -2.52. The summed E-state index contributed by atoms with van der Waals surface area (Å²) in [5.74, 6) is 5.80. The molecule has 0 spiro atoms. The van der Waals surface area contributed by atoms with Gasteiger partial charge in [0.05, 0.1) is 0 Å². The third-order valence-electron chi connectivity index (χ3n) is 3.19. The number of amides is 2. The van der Waals surface area contributed by atoms with E-state index in [1.165, 1.54) is 0 Å². The lowest BCUT2D eigenvalue weighted by atomic mass is 9.86. The average Bonchev–Trinajstić information content (AvgIpc) is 3.03. The molecular weight excluding hydrogens is 256 g/mol. The fourth-order valence-electron chi connectivity index (χ4n) is 1.91. The Labute approximate surface area is 120 Å². The van der Waals surface area contributed by atoms with E-state index in [4.69, 9.17) is 10.5 Å². The molecule has 3 atom stereocenters. The molecule has 0 saturated heterocycles. The first kappa shape index (κ1) is 16.4. The quantitative estimate of drug-likeness (QED) is 0.770. The minimum atomic E-state index is -0.743. The van der Waals surface area contributed by atoms with E-state index in [0.29, 0.717) is 5.92 Å². The molecule has 0 aromatic rings. The highest BCUT2D eigenvalue weighted by molar-refractivity contribution is 5.85. The van der Waals surface area contributed by atoms with Gasteiger partial charge in [-0.3, -0.25) is 4.79 Å². The van der Waals surface area contributed by atoms with Gasteiger partial charge in [-0.15, -0.1) is 11.8 Å². The number of carbonyl (C=O) groups excluding carboxylic acids is 2. The highest BCUT2D eigenvalue weighted by Gasteiger charge is 2.41. The second-order valence-electron chi connectivity index (χ2n) is 6.20. The van der Waals surface area contributed by atoms with Crippen LogP contribution in [0.15, 0.2) is 0 Å². The Morgan fingerprint density at radius 3 is 2.55 bits per heavy atom. The number of primary amides is 1. The predicted molar refractivity (Wildman–Crippen MR) is 76.6 cm³/mol. The minimum absolute atomic E-state index is 0.0883. The van der Waals surface area contributed by atoms with Crippen LogP contribution in [0.4, 0.5) is 4.79 Å². The van der Waals surface area contributed by atoms with Crippen LogP contribution in [0.1, 0.15) is 47.0 Å². The summed E-state index contributed by atoms with van der Waals surface area (Å²) < 4.78 is 5.25. The molecule has 0 radical (unpaired) electrons. The van der Waals surface area contributed by atoms with Crippen LogP contribution in [0.25, 0.3) is 0 Å². The Balaban J connectivity index is 2.39. The van der Waals surface area contributed by atoms with Gasteiger partial charge in [0.2, 0.25) is 5.91 Å². The normalized spacial score (nSPS) is 22.2. The average molecular weight is 280 g/mol. The van der Waals surface area contributed by atoms with Crippen molar-refractivity contribution in [1.82, 2.24) is 5.32 Å². The van der Waals surface area contributed by atoms with E-state index in [2.05, 4.69) is 17.2 Å². The Morgan fingerprint density at radius 2 is 2.05 bits per heavy atom. The molecule has 0 aromatic heterocycles. The van der Waals surface area contributed by atoms with Gasteiger partial charge < -0.3 is 15.8 Å². The van der Waals surface area contributed by atoms with E-state index in [-0.39, 0.29) is 6.10 Å². The molecule has 3 unspecified atom stereocenters. The summed E-state index contributed by atoms with van der Waals surface area (Å²) in [4.78, 5) is 23.1. The van der Waals surface area contributed by atoms with Crippen molar-refractivity contribution in [3.63, 3.8) is 0 Å². The van der Waals surface area contributed by atoms with Crippen LogP contribution in [0.5, 0.6) is 0 Å². The molecule has 5 nitrogen and oxygen atoms in total. The first-order valence-electron chi connectivity index (χ1n) is 6.98. The van der Waals surface area contributed by atoms with Crippen LogP contribution in [-0.2, 0) is 9.53 Å². The first-order chi connectivity index (χ1) is 9.25. The van der Waals surface area contributed by atoms with Crippen molar-refractivity contribution in [2.45, 2.75) is 59.1 Å². The van der Waals surface area contributed by atoms with Gasteiger partial charge in [0.1, 0.15) is 12.1 Å². The summed E-state index contributed by atoms with van der Waals surface area (Å²) in [7, 11) is 0. The maximum Gasteiger partial charge on any atom is 0.408 e. The van der Waals surface area contributed by atoms with Gasteiger partial charge in [0, 0.05) is 18.8 Å². The molecule has 0 aliphatic heterocycles. The topological polar surface area (TPSA) is 81.4 Å². The van der Waals surface area contributed by atoms with Crippen LogP contribution >= 0.6 is 0 Å². The SMILES string of the molecule is CCC#CCC1CC1OC(=O)NC(C(N)=O)C(C)(C)C. The number of rotatable bonds is 4. The Bertz CT molecular complexity index is 429. The van der Waals surface area contributed by atoms with E-state index in [0.717, 1.165) is 19.3 Å². The summed E-state index contributed by atoms with van der Waals surface area (Å²) in [6.45, 7) is 7.51. The van der Waals surface area contributed by atoms with Crippen molar-refractivity contribution in [1.29, 1.82) is 0 Å². The van der Waals surface area contributed by atoms with Crippen LogP contribution in [0.3, 0.4) is 0 Å². The number of nitrogens with one attached hydrogen (secondary N) is 1. The van der Waals surface area contributed by atoms with Gasteiger partial charge in [-0.2, -0.15) is 0 Å². The van der Waals surface area contributed by atoms with Gasteiger partial charge in [0.15, 0.2) is 0 Å². The lowest BCUT2D eigenvalue weighted by molar-refractivity contribution is -0.122. The fraction of sp³-hybridized carbons (Fsp3) is 0.733. The number of alkyl carbamates (subject to hydrolysis) is 1. The maximum atomic E-state index is 11.8. The zero-order chi connectivity index (χ0) is 15.3. The zero-order valence-corrected chi connectivity index (χ0v) is 12.7. The summed E-state index contributed by atoms with van der Waals surface area (Å²) in [6, 6.07) is -0.743. The van der Waals surface area contributed by atoms with Gasteiger partial charge in [-0.1, -0.05) is 27.7 Å². The first-order valence-corrected chi connectivity index (χ1v) is 6.98. The molecule has 5 heteroatoms. The summed E-state index contributed by atoms with van der Waals surface area (Å²) >= 11 is 0. The number of ether oxygens (including phenoxy) is 1. The zero-order valence-electron chi connectivity index (χ0n) is 12.7. The van der Waals surface area contributed by atoms with Crippen LogP contribution < -0.4 is 11.1 Å². The predicted octanol–water partition coefficient (Wildman–Crippen LogP) is 1.80. The second kappa shape index (κ2) is 6.65. The molecule has 112 valence electrons. The van der Waals surface area contributed by atoms with E-state index < -0.39 is 23.5 Å². The molecule has 0 heterocycles. The van der Waals surface area contributed by atoms with Crippen LogP contribution in [0.2, 0.25) is 0 Å². The van der Waals surface area contributed by atoms with Gasteiger partial charge in [-0.05, 0) is 11.8 Å². The number of nitrogens with two attached hydrogens (primary N) is 1. The molecule has 1 aliphatic rings. The smallest absolute Gasteiger partial charge is 0.408 e. The number of hydrogen-bond acceptors (Lipinski definition) is 3. The van der Waals surface area contributed by atoms with Crippen molar-refractivity contribution >= 4 is 12.0 Å². The van der Waals surface area contributed by atoms with Crippen molar-refractivity contribution in [3.05, 3.63) is 0 Å². The number of carbonyl (C=O) groups is 2. The molecule has 20 heavy (non-hydrogen) atoms. The molecule has 1 saturated carbocycles. The third kappa shape index (κ3) is 5.12. The highest BCUT2D eigenvalue weighted by atomic mass is 16.6. The Hall–Kier alpha value is -1.70. The molecule has 2 amide bonds. The molecule has 0 aromatic carbocycles. The molecule has 3 N–H and O–H groups in total. The van der Waals surface area contributed by atoms with Gasteiger partial charge in [-0.25, -0.2) is 4.79 Å². The van der Waals surface area contributed by atoms with E-state index in [9.17, 15) is 9.59 Å². The Morgan fingerprint density at radius 1 is 1.40 bits per heavy atom. The number of hydrogen-bond donors (Lipinski definition) is 2. The third-order valence-corrected chi connectivity index (χ3v) is 3.19. The monoisotopic (exact) mass is 280 g/mol. The molecule has 1 rings (SSSR count).